The van der Waals surface area contributed by atoms with Crippen LogP contribution in [0.5, 0.6) is 11.5 Å². The average Bonchev–Trinajstić information content (AvgIpc) is 2.57. The van der Waals surface area contributed by atoms with E-state index < -0.39 is 0 Å². The first-order valence-electron chi connectivity index (χ1n) is 7.53. The first-order valence-corrected chi connectivity index (χ1v) is 7.53. The van der Waals surface area contributed by atoms with Crippen LogP contribution in [0.3, 0.4) is 0 Å². The largest absolute Gasteiger partial charge is 0.455 e. The van der Waals surface area contributed by atoms with E-state index in [9.17, 15) is 0 Å². The summed E-state index contributed by atoms with van der Waals surface area (Å²) >= 11 is 0. The third-order valence-corrected chi connectivity index (χ3v) is 3.33. The van der Waals surface area contributed by atoms with Gasteiger partial charge in [0.2, 0.25) is 6.29 Å². The van der Waals surface area contributed by atoms with Crippen molar-refractivity contribution in [2.45, 2.75) is 25.9 Å². The van der Waals surface area contributed by atoms with E-state index in [0.29, 0.717) is 0 Å². The van der Waals surface area contributed by atoms with Gasteiger partial charge in [0.1, 0.15) is 11.5 Å². The summed E-state index contributed by atoms with van der Waals surface area (Å²) in [4.78, 5) is 0. The fourth-order valence-corrected chi connectivity index (χ4v) is 2.29. The predicted molar refractivity (Wildman–Crippen MR) is 82.9 cm³/mol. The SMILES string of the molecule is CC(Oc1ccccc1)Oc1ccc(C2OCCCO2)cc1. The van der Waals surface area contributed by atoms with Gasteiger partial charge in [-0.3, -0.25) is 0 Å². The summed E-state index contributed by atoms with van der Waals surface area (Å²) in [7, 11) is 0. The molecule has 0 spiro atoms. The Morgan fingerprint density at radius 3 is 2.09 bits per heavy atom. The molecular weight excluding hydrogens is 280 g/mol. The van der Waals surface area contributed by atoms with Crippen molar-refractivity contribution >= 4 is 0 Å². The molecule has 1 heterocycles. The molecule has 1 aliphatic heterocycles. The van der Waals surface area contributed by atoms with Crippen LogP contribution in [0.2, 0.25) is 0 Å². The molecule has 1 fully saturated rings. The topological polar surface area (TPSA) is 36.9 Å². The van der Waals surface area contributed by atoms with Crippen molar-refractivity contribution < 1.29 is 18.9 Å². The molecule has 1 unspecified atom stereocenters. The van der Waals surface area contributed by atoms with Crippen LogP contribution in [0, 0.1) is 0 Å². The van der Waals surface area contributed by atoms with Crippen LogP contribution in [0.25, 0.3) is 0 Å². The molecule has 0 bridgehead atoms. The van der Waals surface area contributed by atoms with E-state index in [-0.39, 0.29) is 12.6 Å². The van der Waals surface area contributed by atoms with E-state index in [1.165, 1.54) is 0 Å². The standard InChI is InChI=1S/C18H20O4/c1-14(21-16-6-3-2-4-7-16)22-17-10-8-15(9-11-17)18-19-12-5-13-20-18/h2-4,6-11,14,18H,5,12-13H2,1H3. The molecule has 2 aromatic carbocycles. The number of rotatable bonds is 5. The summed E-state index contributed by atoms with van der Waals surface area (Å²) < 4.78 is 22.6. The highest BCUT2D eigenvalue weighted by molar-refractivity contribution is 5.28. The highest BCUT2D eigenvalue weighted by Gasteiger charge is 2.16. The van der Waals surface area contributed by atoms with Gasteiger partial charge in [0.15, 0.2) is 6.29 Å². The number of para-hydroxylation sites is 1. The molecule has 1 aliphatic rings. The summed E-state index contributed by atoms with van der Waals surface area (Å²) in [6.07, 6.45) is 0.322. The lowest BCUT2D eigenvalue weighted by Crippen LogP contribution is -2.20. The van der Waals surface area contributed by atoms with Gasteiger partial charge in [-0.2, -0.15) is 0 Å². The lowest BCUT2D eigenvalue weighted by molar-refractivity contribution is -0.183. The lowest BCUT2D eigenvalue weighted by atomic mass is 10.2. The number of hydrogen-bond donors (Lipinski definition) is 0. The summed E-state index contributed by atoms with van der Waals surface area (Å²) in [5, 5.41) is 0. The van der Waals surface area contributed by atoms with Crippen molar-refractivity contribution in [2.75, 3.05) is 13.2 Å². The first-order chi connectivity index (χ1) is 10.8. The molecule has 0 N–H and O–H groups in total. The Balaban J connectivity index is 1.56. The van der Waals surface area contributed by atoms with E-state index in [2.05, 4.69) is 0 Å². The van der Waals surface area contributed by atoms with Gasteiger partial charge >= 0.3 is 0 Å². The van der Waals surface area contributed by atoms with Gasteiger partial charge in [-0.25, -0.2) is 0 Å². The molecule has 1 atom stereocenters. The Kier molecular flexibility index (Phi) is 4.93. The van der Waals surface area contributed by atoms with Crippen molar-refractivity contribution in [1.82, 2.24) is 0 Å². The van der Waals surface area contributed by atoms with Crippen molar-refractivity contribution in [2.24, 2.45) is 0 Å². The van der Waals surface area contributed by atoms with E-state index in [1.807, 2.05) is 61.5 Å². The van der Waals surface area contributed by atoms with Crippen LogP contribution in [0.1, 0.15) is 25.2 Å². The van der Waals surface area contributed by atoms with E-state index in [1.54, 1.807) is 0 Å². The van der Waals surface area contributed by atoms with E-state index >= 15 is 0 Å². The van der Waals surface area contributed by atoms with Gasteiger partial charge in [-0.15, -0.1) is 0 Å². The smallest absolute Gasteiger partial charge is 0.238 e. The molecule has 0 aromatic heterocycles. The Bertz CT molecular complexity index is 561. The second kappa shape index (κ2) is 7.29. The van der Waals surface area contributed by atoms with Crippen LogP contribution in [-0.4, -0.2) is 19.5 Å². The molecule has 0 aliphatic carbocycles. The van der Waals surface area contributed by atoms with Crippen molar-refractivity contribution in [1.29, 1.82) is 0 Å². The van der Waals surface area contributed by atoms with Crippen molar-refractivity contribution in [3.63, 3.8) is 0 Å². The Hall–Kier alpha value is -2.04. The van der Waals surface area contributed by atoms with Crippen LogP contribution < -0.4 is 9.47 Å². The Morgan fingerprint density at radius 1 is 0.864 bits per heavy atom. The molecule has 0 saturated carbocycles. The zero-order valence-electron chi connectivity index (χ0n) is 12.6. The van der Waals surface area contributed by atoms with E-state index in [0.717, 1.165) is 36.7 Å². The van der Waals surface area contributed by atoms with Crippen molar-refractivity contribution in [3.8, 4) is 11.5 Å². The van der Waals surface area contributed by atoms with Gasteiger partial charge < -0.3 is 18.9 Å². The maximum atomic E-state index is 5.76. The summed E-state index contributed by atoms with van der Waals surface area (Å²) in [6, 6.07) is 17.3. The third-order valence-electron chi connectivity index (χ3n) is 3.33. The van der Waals surface area contributed by atoms with Crippen LogP contribution in [0.15, 0.2) is 54.6 Å². The highest BCUT2D eigenvalue weighted by Crippen LogP contribution is 2.25. The maximum Gasteiger partial charge on any atom is 0.238 e. The minimum atomic E-state index is -0.365. The van der Waals surface area contributed by atoms with Gasteiger partial charge in [-0.1, -0.05) is 30.3 Å². The van der Waals surface area contributed by atoms with Crippen LogP contribution in [-0.2, 0) is 9.47 Å². The second-order valence-corrected chi connectivity index (χ2v) is 5.11. The minimum Gasteiger partial charge on any atom is -0.455 e. The predicted octanol–water partition coefficient (Wildman–Crippen LogP) is 3.93. The average molecular weight is 300 g/mol. The minimum absolute atomic E-state index is 0.263. The zero-order valence-corrected chi connectivity index (χ0v) is 12.6. The molecule has 0 amide bonds. The molecule has 0 radical (unpaired) electrons. The van der Waals surface area contributed by atoms with Gasteiger partial charge in [0.25, 0.3) is 0 Å². The fourth-order valence-electron chi connectivity index (χ4n) is 2.29. The monoisotopic (exact) mass is 300 g/mol. The lowest BCUT2D eigenvalue weighted by Gasteiger charge is -2.23. The maximum absolute atomic E-state index is 5.76. The molecule has 2 aromatic rings. The quantitative estimate of drug-likeness (QED) is 0.784. The number of hydrogen-bond acceptors (Lipinski definition) is 4. The molecule has 4 nitrogen and oxygen atoms in total. The summed E-state index contributed by atoms with van der Waals surface area (Å²) in [5.74, 6) is 1.54. The second-order valence-electron chi connectivity index (χ2n) is 5.11. The van der Waals surface area contributed by atoms with Crippen molar-refractivity contribution in [3.05, 3.63) is 60.2 Å². The molecule has 116 valence electrons. The third kappa shape index (κ3) is 4.00. The zero-order chi connectivity index (χ0) is 15.2. The normalized spacial score (nSPS) is 17.0. The number of ether oxygens (including phenoxy) is 4. The van der Waals surface area contributed by atoms with E-state index in [4.69, 9.17) is 18.9 Å². The number of benzene rings is 2. The first kappa shape index (κ1) is 14.9. The van der Waals surface area contributed by atoms with Gasteiger partial charge in [0.05, 0.1) is 13.2 Å². The molecule has 4 heteroatoms. The molecular formula is C18H20O4. The van der Waals surface area contributed by atoms with Crippen LogP contribution >= 0.6 is 0 Å². The molecule has 22 heavy (non-hydrogen) atoms. The molecule has 1 saturated heterocycles. The van der Waals surface area contributed by atoms with Crippen LogP contribution in [0.4, 0.5) is 0 Å². The summed E-state index contributed by atoms with van der Waals surface area (Å²) in [6.45, 7) is 3.35. The Morgan fingerprint density at radius 2 is 1.45 bits per heavy atom. The highest BCUT2D eigenvalue weighted by atomic mass is 16.7. The summed E-state index contributed by atoms with van der Waals surface area (Å²) in [5.41, 5.74) is 1.00. The molecule has 3 rings (SSSR count). The fraction of sp³-hybridized carbons (Fsp3) is 0.333. The van der Waals surface area contributed by atoms with Gasteiger partial charge in [-0.05, 0) is 30.7 Å². The Labute approximate surface area is 130 Å². The van der Waals surface area contributed by atoms with Gasteiger partial charge in [0, 0.05) is 12.5 Å².